The van der Waals surface area contributed by atoms with Gasteiger partial charge in [-0.1, -0.05) is 37.8 Å². The van der Waals surface area contributed by atoms with Crippen molar-refractivity contribution < 1.29 is 9.13 Å². The second-order valence-corrected chi connectivity index (χ2v) is 5.09. The van der Waals surface area contributed by atoms with Crippen LogP contribution in [0, 0.1) is 11.7 Å². The molecule has 1 unspecified atom stereocenters. The Bertz CT molecular complexity index is 388. The third-order valence-corrected chi connectivity index (χ3v) is 3.98. The zero-order valence-corrected chi connectivity index (χ0v) is 11.2. The molecule has 0 bridgehead atoms. The van der Waals surface area contributed by atoms with E-state index in [4.69, 9.17) is 4.74 Å². The van der Waals surface area contributed by atoms with Gasteiger partial charge in [-0.3, -0.25) is 0 Å². The van der Waals surface area contributed by atoms with E-state index in [9.17, 15) is 4.39 Å². The second-order valence-electron chi connectivity index (χ2n) is 5.09. The normalized spacial score (nSPS) is 17.9. The summed E-state index contributed by atoms with van der Waals surface area (Å²) in [5, 5.41) is 3.24. The molecule has 1 aliphatic rings. The monoisotopic (exact) mass is 251 g/mol. The molecule has 0 spiro atoms. The van der Waals surface area contributed by atoms with E-state index in [1.54, 1.807) is 6.07 Å². The fourth-order valence-electron chi connectivity index (χ4n) is 2.93. The lowest BCUT2D eigenvalue weighted by Crippen LogP contribution is -2.20. The van der Waals surface area contributed by atoms with Gasteiger partial charge in [0.05, 0.1) is 7.11 Å². The molecule has 100 valence electrons. The van der Waals surface area contributed by atoms with Crippen LogP contribution in [0.1, 0.15) is 43.7 Å². The van der Waals surface area contributed by atoms with Gasteiger partial charge in [-0.05, 0) is 25.5 Å². The summed E-state index contributed by atoms with van der Waals surface area (Å²) >= 11 is 0. The van der Waals surface area contributed by atoms with E-state index in [0.29, 0.717) is 5.75 Å². The maximum atomic E-state index is 14.2. The third-order valence-electron chi connectivity index (χ3n) is 3.98. The molecule has 0 radical (unpaired) electrons. The summed E-state index contributed by atoms with van der Waals surface area (Å²) in [7, 11) is 3.41. The van der Waals surface area contributed by atoms with Crippen molar-refractivity contribution in [2.24, 2.45) is 5.92 Å². The lowest BCUT2D eigenvalue weighted by atomic mass is 9.93. The number of benzene rings is 1. The van der Waals surface area contributed by atoms with Gasteiger partial charge in [0.2, 0.25) is 0 Å². The number of ether oxygens (including phenoxy) is 1. The van der Waals surface area contributed by atoms with Crippen LogP contribution in [0.4, 0.5) is 4.39 Å². The maximum Gasteiger partial charge on any atom is 0.169 e. The molecule has 1 atom stereocenters. The highest BCUT2D eigenvalue weighted by atomic mass is 19.1. The van der Waals surface area contributed by atoms with Crippen LogP contribution in [0.2, 0.25) is 0 Å². The molecule has 1 saturated carbocycles. The molecule has 0 saturated heterocycles. The van der Waals surface area contributed by atoms with E-state index in [0.717, 1.165) is 17.9 Å². The lowest BCUT2D eigenvalue weighted by Gasteiger charge is -2.21. The Morgan fingerprint density at radius 2 is 2.11 bits per heavy atom. The molecule has 1 fully saturated rings. The van der Waals surface area contributed by atoms with Crippen LogP contribution >= 0.6 is 0 Å². The van der Waals surface area contributed by atoms with Gasteiger partial charge >= 0.3 is 0 Å². The van der Waals surface area contributed by atoms with E-state index >= 15 is 0 Å². The Hall–Kier alpha value is -1.09. The molecule has 1 aromatic carbocycles. The third kappa shape index (κ3) is 2.83. The van der Waals surface area contributed by atoms with Gasteiger partial charge in [0, 0.05) is 11.6 Å². The Kier molecular flexibility index (Phi) is 4.59. The maximum absolute atomic E-state index is 14.2. The Morgan fingerprint density at radius 3 is 2.72 bits per heavy atom. The molecule has 1 N–H and O–H groups in total. The van der Waals surface area contributed by atoms with Gasteiger partial charge in [-0.25, -0.2) is 4.39 Å². The number of hydrogen-bond donors (Lipinski definition) is 1. The SMILES string of the molecule is CNC(CC1CCCC1)c1cccc(OC)c1F. The first kappa shape index (κ1) is 13.3. The van der Waals surface area contributed by atoms with Crippen LogP contribution in [0.5, 0.6) is 5.75 Å². The van der Waals surface area contributed by atoms with Crippen molar-refractivity contribution in [2.45, 2.75) is 38.1 Å². The Morgan fingerprint density at radius 1 is 1.39 bits per heavy atom. The minimum Gasteiger partial charge on any atom is -0.494 e. The van der Waals surface area contributed by atoms with Crippen LogP contribution in [-0.2, 0) is 0 Å². The quantitative estimate of drug-likeness (QED) is 0.862. The van der Waals surface area contributed by atoms with Gasteiger partial charge in [0.25, 0.3) is 0 Å². The fraction of sp³-hybridized carbons (Fsp3) is 0.600. The van der Waals surface area contributed by atoms with Gasteiger partial charge < -0.3 is 10.1 Å². The Labute approximate surface area is 109 Å². The standard InChI is InChI=1S/C15H22FNO/c1-17-13(10-11-6-3-4-7-11)12-8-5-9-14(18-2)15(12)16/h5,8-9,11,13,17H,3-4,6-7,10H2,1-2H3. The van der Waals surface area contributed by atoms with Crippen LogP contribution in [-0.4, -0.2) is 14.2 Å². The predicted octanol–water partition coefficient (Wildman–Crippen LogP) is 3.68. The van der Waals surface area contributed by atoms with Crippen molar-refractivity contribution in [1.29, 1.82) is 0 Å². The predicted molar refractivity (Wildman–Crippen MR) is 71.3 cm³/mol. The average molecular weight is 251 g/mol. The molecular formula is C15H22FNO. The van der Waals surface area contributed by atoms with Crippen molar-refractivity contribution in [3.05, 3.63) is 29.6 Å². The van der Waals surface area contributed by atoms with Crippen molar-refractivity contribution in [3.63, 3.8) is 0 Å². The first-order chi connectivity index (χ1) is 8.76. The van der Waals surface area contributed by atoms with Gasteiger partial charge in [-0.2, -0.15) is 0 Å². The largest absolute Gasteiger partial charge is 0.494 e. The molecule has 1 aromatic rings. The molecular weight excluding hydrogens is 229 g/mol. The summed E-state index contributed by atoms with van der Waals surface area (Å²) in [6.45, 7) is 0. The molecule has 3 heteroatoms. The topological polar surface area (TPSA) is 21.3 Å². The zero-order chi connectivity index (χ0) is 13.0. The summed E-state index contributed by atoms with van der Waals surface area (Å²) in [4.78, 5) is 0. The molecule has 0 aliphatic heterocycles. The van der Waals surface area contributed by atoms with E-state index in [-0.39, 0.29) is 11.9 Å². The van der Waals surface area contributed by atoms with Crippen molar-refractivity contribution in [2.75, 3.05) is 14.2 Å². The minimum absolute atomic E-state index is 0.0863. The second kappa shape index (κ2) is 6.19. The molecule has 2 nitrogen and oxygen atoms in total. The molecule has 18 heavy (non-hydrogen) atoms. The lowest BCUT2D eigenvalue weighted by molar-refractivity contribution is 0.369. The number of hydrogen-bond acceptors (Lipinski definition) is 2. The molecule has 0 heterocycles. The summed E-state index contributed by atoms with van der Waals surface area (Å²) in [5.41, 5.74) is 0.726. The Balaban J connectivity index is 2.15. The molecule has 1 aliphatic carbocycles. The molecule has 0 aromatic heterocycles. The smallest absolute Gasteiger partial charge is 0.169 e. The van der Waals surface area contributed by atoms with Gasteiger partial charge in [0.15, 0.2) is 11.6 Å². The summed E-state index contributed by atoms with van der Waals surface area (Å²) in [6.07, 6.45) is 6.22. The van der Waals surface area contributed by atoms with E-state index in [2.05, 4.69) is 5.32 Å². The van der Waals surface area contributed by atoms with Gasteiger partial charge in [-0.15, -0.1) is 0 Å². The number of nitrogens with one attached hydrogen (secondary N) is 1. The molecule has 2 rings (SSSR count). The van der Waals surface area contributed by atoms with Crippen molar-refractivity contribution >= 4 is 0 Å². The number of halogens is 1. The van der Waals surface area contributed by atoms with Crippen LogP contribution in [0.3, 0.4) is 0 Å². The van der Waals surface area contributed by atoms with Crippen molar-refractivity contribution in [3.8, 4) is 5.75 Å². The zero-order valence-electron chi connectivity index (χ0n) is 11.2. The van der Waals surface area contributed by atoms with Crippen LogP contribution in [0.25, 0.3) is 0 Å². The van der Waals surface area contributed by atoms with Crippen LogP contribution < -0.4 is 10.1 Å². The fourth-order valence-corrected chi connectivity index (χ4v) is 2.93. The van der Waals surface area contributed by atoms with Crippen molar-refractivity contribution in [1.82, 2.24) is 5.32 Å². The highest BCUT2D eigenvalue weighted by molar-refractivity contribution is 5.33. The summed E-state index contributed by atoms with van der Waals surface area (Å²) in [5.74, 6) is 0.838. The average Bonchev–Trinajstić information content (AvgIpc) is 2.89. The first-order valence-corrected chi connectivity index (χ1v) is 6.76. The van der Waals surface area contributed by atoms with E-state index in [1.807, 2.05) is 19.2 Å². The number of methoxy groups -OCH3 is 1. The van der Waals surface area contributed by atoms with Crippen LogP contribution in [0.15, 0.2) is 18.2 Å². The highest BCUT2D eigenvalue weighted by Gasteiger charge is 2.23. The summed E-state index contributed by atoms with van der Waals surface area (Å²) < 4.78 is 19.3. The molecule has 0 amide bonds. The van der Waals surface area contributed by atoms with E-state index < -0.39 is 0 Å². The van der Waals surface area contributed by atoms with E-state index in [1.165, 1.54) is 32.8 Å². The number of rotatable bonds is 5. The highest BCUT2D eigenvalue weighted by Crippen LogP contribution is 2.34. The summed E-state index contributed by atoms with van der Waals surface area (Å²) in [6, 6.07) is 5.47. The van der Waals surface area contributed by atoms with Gasteiger partial charge in [0.1, 0.15) is 0 Å². The minimum atomic E-state index is -0.225. The first-order valence-electron chi connectivity index (χ1n) is 6.76.